The lowest BCUT2D eigenvalue weighted by atomic mass is 10.0. The van der Waals surface area contributed by atoms with Gasteiger partial charge in [-0.3, -0.25) is 4.79 Å². The monoisotopic (exact) mass is 343 g/mol. The number of nitrogens with two attached hydrogens (primary N) is 2. The molecule has 0 radical (unpaired) electrons. The van der Waals surface area contributed by atoms with E-state index >= 15 is 0 Å². The first-order chi connectivity index (χ1) is 12.0. The third kappa shape index (κ3) is 5.55. The maximum absolute atomic E-state index is 12.2. The lowest BCUT2D eigenvalue weighted by Gasteiger charge is -2.18. The zero-order valence-electron chi connectivity index (χ0n) is 14.2. The number of rotatable bonds is 9. The first-order valence-corrected chi connectivity index (χ1v) is 8.47. The van der Waals surface area contributed by atoms with Gasteiger partial charge in [-0.1, -0.05) is 42.5 Å². The first kappa shape index (κ1) is 18.9. The van der Waals surface area contributed by atoms with Crippen molar-refractivity contribution in [1.82, 2.24) is 5.32 Å². The minimum absolute atomic E-state index is 0.348. The number of carbonyl (C=O) groups excluding carboxylic acids is 1. The standard InChI is InChI=1S/C19H25N3O3/c20-10-4-3-7-17(19(24)25)22-18(23)16(21)12-13-8-9-14-5-1-2-6-15(14)11-13/h1-2,5-6,8-9,11,16-17H,3-4,7,10,12,20-21H2,(H,22,23)(H,24,25)/t16-,17-/m0/s1. The average Bonchev–Trinajstić information content (AvgIpc) is 2.60. The molecule has 0 aromatic heterocycles. The van der Waals surface area contributed by atoms with Crippen LogP contribution in [0, 0.1) is 0 Å². The van der Waals surface area contributed by atoms with Crippen LogP contribution in [0.3, 0.4) is 0 Å². The van der Waals surface area contributed by atoms with Crippen LogP contribution < -0.4 is 16.8 Å². The molecule has 0 unspecified atom stereocenters. The first-order valence-electron chi connectivity index (χ1n) is 8.47. The Hall–Kier alpha value is -2.44. The highest BCUT2D eigenvalue weighted by Gasteiger charge is 2.23. The molecule has 0 bridgehead atoms. The summed E-state index contributed by atoms with van der Waals surface area (Å²) in [7, 11) is 0. The van der Waals surface area contributed by atoms with E-state index in [0.717, 1.165) is 22.8 Å². The predicted molar refractivity (Wildman–Crippen MR) is 98.1 cm³/mol. The number of hydrogen-bond acceptors (Lipinski definition) is 4. The largest absolute Gasteiger partial charge is 0.480 e. The van der Waals surface area contributed by atoms with Crippen molar-refractivity contribution >= 4 is 22.6 Å². The molecule has 25 heavy (non-hydrogen) atoms. The Morgan fingerprint density at radius 3 is 2.48 bits per heavy atom. The van der Waals surface area contributed by atoms with Gasteiger partial charge in [0.05, 0.1) is 6.04 Å². The van der Waals surface area contributed by atoms with Crippen molar-refractivity contribution in [2.75, 3.05) is 6.54 Å². The van der Waals surface area contributed by atoms with E-state index in [9.17, 15) is 14.7 Å². The Morgan fingerprint density at radius 2 is 1.80 bits per heavy atom. The fraction of sp³-hybridized carbons (Fsp3) is 0.368. The van der Waals surface area contributed by atoms with Crippen LogP contribution in [0.2, 0.25) is 0 Å². The van der Waals surface area contributed by atoms with Crippen LogP contribution in [-0.4, -0.2) is 35.6 Å². The summed E-state index contributed by atoms with van der Waals surface area (Å²) in [5, 5.41) is 14.0. The number of carboxylic acids is 1. The minimum Gasteiger partial charge on any atom is -0.480 e. The normalized spacial score (nSPS) is 13.4. The Balaban J connectivity index is 1.96. The summed E-state index contributed by atoms with van der Waals surface area (Å²) in [6.07, 6.45) is 2.07. The summed E-state index contributed by atoms with van der Waals surface area (Å²) >= 11 is 0. The highest BCUT2D eigenvalue weighted by atomic mass is 16.4. The second-order valence-corrected chi connectivity index (χ2v) is 6.18. The summed E-state index contributed by atoms with van der Waals surface area (Å²) in [5.41, 5.74) is 12.3. The highest BCUT2D eigenvalue weighted by molar-refractivity contribution is 5.87. The molecule has 0 aliphatic carbocycles. The zero-order valence-corrected chi connectivity index (χ0v) is 14.2. The van der Waals surface area contributed by atoms with E-state index in [4.69, 9.17) is 11.5 Å². The number of amides is 1. The van der Waals surface area contributed by atoms with Gasteiger partial charge in [-0.2, -0.15) is 0 Å². The summed E-state index contributed by atoms with van der Waals surface area (Å²) in [6.45, 7) is 0.502. The van der Waals surface area contributed by atoms with Crippen molar-refractivity contribution in [3.63, 3.8) is 0 Å². The van der Waals surface area contributed by atoms with Gasteiger partial charge < -0.3 is 21.9 Å². The van der Waals surface area contributed by atoms with Gasteiger partial charge >= 0.3 is 5.97 Å². The van der Waals surface area contributed by atoms with Gasteiger partial charge in [-0.05, 0) is 48.6 Å². The third-order valence-electron chi connectivity index (χ3n) is 4.17. The number of carbonyl (C=O) groups is 2. The molecule has 0 saturated heterocycles. The molecular weight excluding hydrogens is 318 g/mol. The van der Waals surface area contributed by atoms with Crippen LogP contribution in [0.15, 0.2) is 42.5 Å². The van der Waals surface area contributed by atoms with E-state index in [-0.39, 0.29) is 0 Å². The van der Waals surface area contributed by atoms with Crippen molar-refractivity contribution in [1.29, 1.82) is 0 Å². The second-order valence-electron chi connectivity index (χ2n) is 6.18. The van der Waals surface area contributed by atoms with Gasteiger partial charge in [0.2, 0.25) is 5.91 Å². The van der Waals surface area contributed by atoms with Gasteiger partial charge in [-0.25, -0.2) is 4.79 Å². The van der Waals surface area contributed by atoms with Crippen LogP contribution in [0.5, 0.6) is 0 Å². The van der Waals surface area contributed by atoms with Crippen molar-refractivity contribution in [3.8, 4) is 0 Å². The Bertz CT molecular complexity index is 733. The van der Waals surface area contributed by atoms with Crippen molar-refractivity contribution in [2.45, 2.75) is 37.8 Å². The lowest BCUT2D eigenvalue weighted by Crippen LogP contribution is -2.49. The Labute approximate surface area is 147 Å². The number of benzene rings is 2. The molecule has 6 N–H and O–H groups in total. The number of aliphatic carboxylic acids is 1. The van der Waals surface area contributed by atoms with Gasteiger partial charge in [-0.15, -0.1) is 0 Å². The summed E-state index contributed by atoms with van der Waals surface area (Å²) in [5.74, 6) is -1.50. The molecule has 6 heteroatoms. The maximum Gasteiger partial charge on any atom is 0.326 e. The topological polar surface area (TPSA) is 118 Å². The molecule has 0 aliphatic rings. The van der Waals surface area contributed by atoms with E-state index in [1.165, 1.54) is 0 Å². The summed E-state index contributed by atoms with van der Waals surface area (Å²) < 4.78 is 0. The SMILES string of the molecule is NCCCC[C@H](NC(=O)[C@@H](N)Cc1ccc2ccccc2c1)C(=O)O. The maximum atomic E-state index is 12.2. The molecule has 0 fully saturated rings. The Morgan fingerprint density at radius 1 is 1.08 bits per heavy atom. The quantitative estimate of drug-likeness (QED) is 0.513. The van der Waals surface area contributed by atoms with Gasteiger partial charge in [0.1, 0.15) is 6.04 Å². The van der Waals surface area contributed by atoms with Crippen LogP contribution in [0.1, 0.15) is 24.8 Å². The smallest absolute Gasteiger partial charge is 0.326 e. The van der Waals surface area contributed by atoms with Gasteiger partial charge in [0.15, 0.2) is 0 Å². The van der Waals surface area contributed by atoms with Crippen molar-refractivity contribution < 1.29 is 14.7 Å². The molecule has 1 amide bonds. The lowest BCUT2D eigenvalue weighted by molar-refractivity contribution is -0.142. The second kappa shape index (κ2) is 9.15. The fourth-order valence-electron chi connectivity index (χ4n) is 2.74. The van der Waals surface area contributed by atoms with Crippen LogP contribution in [0.4, 0.5) is 0 Å². The van der Waals surface area contributed by atoms with Crippen LogP contribution >= 0.6 is 0 Å². The van der Waals surface area contributed by atoms with Crippen LogP contribution in [0.25, 0.3) is 10.8 Å². The molecule has 0 aliphatic heterocycles. The third-order valence-corrected chi connectivity index (χ3v) is 4.17. The molecule has 2 aromatic rings. The Kier molecular flexibility index (Phi) is 6.91. The van der Waals surface area contributed by atoms with Gasteiger partial charge in [0.25, 0.3) is 0 Å². The van der Waals surface area contributed by atoms with E-state index in [1.54, 1.807) is 0 Å². The highest BCUT2D eigenvalue weighted by Crippen LogP contribution is 2.16. The number of unbranched alkanes of at least 4 members (excludes halogenated alkanes) is 1. The molecular formula is C19H25N3O3. The number of nitrogens with one attached hydrogen (secondary N) is 1. The molecule has 2 rings (SSSR count). The molecule has 0 heterocycles. The number of carboxylic acid groups (broad SMARTS) is 1. The summed E-state index contributed by atoms with van der Waals surface area (Å²) in [4.78, 5) is 23.5. The van der Waals surface area contributed by atoms with Crippen molar-refractivity contribution in [2.24, 2.45) is 11.5 Å². The average molecular weight is 343 g/mol. The van der Waals surface area contributed by atoms with Crippen LogP contribution in [-0.2, 0) is 16.0 Å². The van der Waals surface area contributed by atoms with Gasteiger partial charge in [0, 0.05) is 0 Å². The number of hydrogen-bond donors (Lipinski definition) is 4. The summed E-state index contributed by atoms with van der Waals surface area (Å²) in [6, 6.07) is 12.1. The van der Waals surface area contributed by atoms with Crippen molar-refractivity contribution in [3.05, 3.63) is 48.0 Å². The van der Waals surface area contributed by atoms with E-state index in [1.807, 2.05) is 42.5 Å². The van der Waals surface area contributed by atoms with E-state index in [0.29, 0.717) is 25.8 Å². The minimum atomic E-state index is -1.05. The predicted octanol–water partition coefficient (Wildman–Crippen LogP) is 1.41. The molecule has 2 aromatic carbocycles. The molecule has 6 nitrogen and oxygen atoms in total. The molecule has 0 spiro atoms. The molecule has 2 atom stereocenters. The van der Waals surface area contributed by atoms with E-state index < -0.39 is 24.0 Å². The molecule has 134 valence electrons. The zero-order chi connectivity index (χ0) is 18.2. The van der Waals surface area contributed by atoms with E-state index in [2.05, 4.69) is 5.32 Å². The number of fused-ring (bicyclic) bond motifs is 1. The molecule has 0 saturated carbocycles. The fourth-order valence-corrected chi connectivity index (χ4v) is 2.74.